The molecule has 0 aromatic heterocycles. The van der Waals surface area contributed by atoms with Crippen molar-refractivity contribution in [3.8, 4) is 0 Å². The molecule has 0 heterocycles. The smallest absolute Gasteiger partial charge is 0.270 e. The average Bonchev–Trinajstić information content (AvgIpc) is 2.53. The SMILES string of the molecule is O=C(Cc1ccccc1)NNC(=O)c1cccc([N+](=O)[O-])c1. The van der Waals surface area contributed by atoms with Crippen molar-refractivity contribution in [1.29, 1.82) is 0 Å². The van der Waals surface area contributed by atoms with Gasteiger partial charge in [-0.15, -0.1) is 0 Å². The molecule has 2 N–H and O–H groups in total. The van der Waals surface area contributed by atoms with Crippen LogP contribution in [0.4, 0.5) is 5.69 Å². The van der Waals surface area contributed by atoms with E-state index in [9.17, 15) is 19.7 Å². The monoisotopic (exact) mass is 299 g/mol. The molecule has 0 atom stereocenters. The van der Waals surface area contributed by atoms with Crippen molar-refractivity contribution in [2.75, 3.05) is 0 Å². The van der Waals surface area contributed by atoms with E-state index in [0.29, 0.717) is 0 Å². The molecule has 2 aromatic rings. The zero-order chi connectivity index (χ0) is 15.9. The zero-order valence-electron chi connectivity index (χ0n) is 11.5. The van der Waals surface area contributed by atoms with Crippen LogP contribution >= 0.6 is 0 Å². The first-order valence-electron chi connectivity index (χ1n) is 6.44. The summed E-state index contributed by atoms with van der Waals surface area (Å²) in [5.41, 5.74) is 5.20. The van der Waals surface area contributed by atoms with Crippen molar-refractivity contribution < 1.29 is 14.5 Å². The van der Waals surface area contributed by atoms with Crippen LogP contribution in [0.15, 0.2) is 54.6 Å². The van der Waals surface area contributed by atoms with Crippen molar-refractivity contribution in [1.82, 2.24) is 10.9 Å². The number of hydrogen-bond acceptors (Lipinski definition) is 4. The van der Waals surface area contributed by atoms with Crippen LogP contribution in [0.1, 0.15) is 15.9 Å². The first kappa shape index (κ1) is 15.2. The van der Waals surface area contributed by atoms with Crippen LogP contribution in [0.3, 0.4) is 0 Å². The summed E-state index contributed by atoms with van der Waals surface area (Å²) >= 11 is 0. The average molecular weight is 299 g/mol. The predicted octanol–water partition coefficient (Wildman–Crippen LogP) is 1.60. The van der Waals surface area contributed by atoms with Crippen molar-refractivity contribution in [2.45, 2.75) is 6.42 Å². The summed E-state index contributed by atoms with van der Waals surface area (Å²) in [4.78, 5) is 33.6. The number of nitro groups is 1. The maximum absolute atomic E-state index is 11.8. The number of carbonyl (C=O) groups excluding carboxylic acids is 2. The quantitative estimate of drug-likeness (QED) is 0.661. The second-order valence-corrected chi connectivity index (χ2v) is 4.47. The van der Waals surface area contributed by atoms with Gasteiger partial charge in [0.2, 0.25) is 5.91 Å². The number of hydrogen-bond donors (Lipinski definition) is 2. The molecular weight excluding hydrogens is 286 g/mol. The Morgan fingerprint density at radius 3 is 2.41 bits per heavy atom. The van der Waals surface area contributed by atoms with Gasteiger partial charge in [-0.1, -0.05) is 36.4 Å². The molecule has 0 bridgehead atoms. The number of amides is 2. The normalized spacial score (nSPS) is 9.82. The van der Waals surface area contributed by atoms with E-state index in [-0.39, 0.29) is 23.6 Å². The highest BCUT2D eigenvalue weighted by Gasteiger charge is 2.12. The van der Waals surface area contributed by atoms with Gasteiger partial charge in [-0.25, -0.2) is 0 Å². The summed E-state index contributed by atoms with van der Waals surface area (Å²) in [6, 6.07) is 14.3. The van der Waals surface area contributed by atoms with Gasteiger partial charge in [0.25, 0.3) is 11.6 Å². The maximum Gasteiger partial charge on any atom is 0.270 e. The van der Waals surface area contributed by atoms with Gasteiger partial charge in [-0.2, -0.15) is 0 Å². The molecule has 2 aromatic carbocycles. The van der Waals surface area contributed by atoms with Gasteiger partial charge < -0.3 is 0 Å². The Bertz CT molecular complexity index is 701. The first-order chi connectivity index (χ1) is 10.6. The Labute approximate surface area is 126 Å². The molecule has 0 saturated heterocycles. The molecule has 7 nitrogen and oxygen atoms in total. The minimum Gasteiger partial charge on any atom is -0.273 e. The van der Waals surface area contributed by atoms with Crippen LogP contribution in [-0.2, 0) is 11.2 Å². The number of nitrogens with zero attached hydrogens (tertiary/aromatic N) is 1. The van der Waals surface area contributed by atoms with Gasteiger partial charge in [-0.05, 0) is 11.6 Å². The minimum atomic E-state index is -0.620. The fraction of sp³-hybridized carbons (Fsp3) is 0.0667. The van der Waals surface area contributed by atoms with E-state index < -0.39 is 10.8 Å². The Morgan fingerprint density at radius 2 is 1.73 bits per heavy atom. The zero-order valence-corrected chi connectivity index (χ0v) is 11.5. The highest BCUT2D eigenvalue weighted by molar-refractivity contribution is 5.96. The molecule has 2 rings (SSSR count). The highest BCUT2D eigenvalue weighted by Crippen LogP contribution is 2.12. The van der Waals surface area contributed by atoms with Crippen LogP contribution in [0.25, 0.3) is 0 Å². The predicted molar refractivity (Wildman–Crippen MR) is 78.9 cm³/mol. The van der Waals surface area contributed by atoms with Crippen LogP contribution in [0, 0.1) is 10.1 Å². The molecule has 112 valence electrons. The van der Waals surface area contributed by atoms with Gasteiger partial charge in [0.05, 0.1) is 11.3 Å². The second kappa shape index (κ2) is 6.98. The second-order valence-electron chi connectivity index (χ2n) is 4.47. The van der Waals surface area contributed by atoms with E-state index in [2.05, 4.69) is 10.9 Å². The molecule has 0 aliphatic rings. The lowest BCUT2D eigenvalue weighted by Crippen LogP contribution is -2.42. The van der Waals surface area contributed by atoms with E-state index in [1.165, 1.54) is 18.2 Å². The fourth-order valence-electron chi connectivity index (χ4n) is 1.78. The molecule has 22 heavy (non-hydrogen) atoms. The van der Waals surface area contributed by atoms with Crippen molar-refractivity contribution in [3.63, 3.8) is 0 Å². The van der Waals surface area contributed by atoms with Gasteiger partial charge in [0.1, 0.15) is 0 Å². The molecule has 0 fully saturated rings. The molecule has 0 aliphatic carbocycles. The minimum absolute atomic E-state index is 0.0919. The lowest BCUT2D eigenvalue weighted by atomic mass is 10.1. The summed E-state index contributed by atoms with van der Waals surface area (Å²) in [6.45, 7) is 0. The number of carbonyl (C=O) groups is 2. The molecule has 0 radical (unpaired) electrons. The number of rotatable bonds is 4. The van der Waals surface area contributed by atoms with Crippen molar-refractivity contribution in [2.24, 2.45) is 0 Å². The van der Waals surface area contributed by atoms with Crippen molar-refractivity contribution in [3.05, 3.63) is 75.8 Å². The lowest BCUT2D eigenvalue weighted by molar-refractivity contribution is -0.384. The largest absolute Gasteiger partial charge is 0.273 e. The standard InChI is InChI=1S/C15H13N3O4/c19-14(9-11-5-2-1-3-6-11)16-17-15(20)12-7-4-8-13(10-12)18(21)22/h1-8,10H,9H2,(H,16,19)(H,17,20). The van der Waals surface area contributed by atoms with Crippen LogP contribution in [0.5, 0.6) is 0 Å². The van der Waals surface area contributed by atoms with Crippen LogP contribution in [0.2, 0.25) is 0 Å². The van der Waals surface area contributed by atoms with Crippen molar-refractivity contribution >= 4 is 17.5 Å². The fourth-order valence-corrected chi connectivity index (χ4v) is 1.78. The number of benzene rings is 2. The van der Waals surface area contributed by atoms with E-state index in [1.807, 2.05) is 18.2 Å². The number of non-ortho nitro benzene ring substituents is 1. The highest BCUT2D eigenvalue weighted by atomic mass is 16.6. The molecule has 0 spiro atoms. The third kappa shape index (κ3) is 4.14. The van der Waals surface area contributed by atoms with Gasteiger partial charge in [-0.3, -0.25) is 30.6 Å². The Kier molecular flexibility index (Phi) is 4.81. The summed E-state index contributed by atoms with van der Waals surface area (Å²) in [5.74, 6) is -1.00. The third-order valence-corrected chi connectivity index (χ3v) is 2.84. The van der Waals surface area contributed by atoms with Gasteiger partial charge in [0, 0.05) is 17.7 Å². The van der Waals surface area contributed by atoms with E-state index in [1.54, 1.807) is 12.1 Å². The van der Waals surface area contributed by atoms with Gasteiger partial charge >= 0.3 is 0 Å². The molecule has 0 aliphatic heterocycles. The molecular formula is C15H13N3O4. The summed E-state index contributed by atoms with van der Waals surface area (Å²) in [5, 5.41) is 10.6. The Hall–Kier alpha value is -3.22. The Morgan fingerprint density at radius 1 is 1.00 bits per heavy atom. The first-order valence-corrected chi connectivity index (χ1v) is 6.44. The summed E-state index contributed by atoms with van der Waals surface area (Å²) in [6.07, 6.45) is 0.121. The van der Waals surface area contributed by atoms with Gasteiger partial charge in [0.15, 0.2) is 0 Å². The molecule has 0 unspecified atom stereocenters. The third-order valence-electron chi connectivity index (χ3n) is 2.84. The molecule has 0 saturated carbocycles. The van der Waals surface area contributed by atoms with E-state index >= 15 is 0 Å². The van der Waals surface area contributed by atoms with E-state index in [4.69, 9.17) is 0 Å². The Balaban J connectivity index is 1.91. The maximum atomic E-state index is 11.8. The topological polar surface area (TPSA) is 101 Å². The van der Waals surface area contributed by atoms with E-state index in [0.717, 1.165) is 11.6 Å². The molecule has 2 amide bonds. The molecule has 7 heteroatoms. The number of nitro benzene ring substituents is 1. The number of nitrogens with one attached hydrogen (secondary N) is 2. The summed E-state index contributed by atoms with van der Waals surface area (Å²) in [7, 11) is 0. The van der Waals surface area contributed by atoms with Crippen LogP contribution in [-0.4, -0.2) is 16.7 Å². The number of hydrazine groups is 1. The van der Waals surface area contributed by atoms with Crippen LogP contribution < -0.4 is 10.9 Å². The summed E-state index contributed by atoms with van der Waals surface area (Å²) < 4.78 is 0. The lowest BCUT2D eigenvalue weighted by Gasteiger charge is -2.07.